The van der Waals surface area contributed by atoms with Gasteiger partial charge in [-0.1, -0.05) is 23.7 Å². The Morgan fingerprint density at radius 3 is 2.65 bits per heavy atom. The van der Waals surface area contributed by atoms with Gasteiger partial charge in [-0.25, -0.2) is 5.48 Å². The highest BCUT2D eigenvalue weighted by Gasteiger charge is 2.19. The highest BCUT2D eigenvalue weighted by molar-refractivity contribution is 7.17. The van der Waals surface area contributed by atoms with Crippen LogP contribution in [0, 0.1) is 0 Å². The number of rotatable bonds is 7. The van der Waals surface area contributed by atoms with E-state index in [2.05, 4.69) is 5.48 Å². The molecule has 3 aromatic rings. The molecule has 7 heteroatoms. The lowest BCUT2D eigenvalue weighted by atomic mass is 10.1. The maximum absolute atomic E-state index is 12.6. The summed E-state index contributed by atoms with van der Waals surface area (Å²) < 4.78 is 5.21. The zero-order valence-electron chi connectivity index (χ0n) is 14.0. The smallest absolute Gasteiger partial charge is 0.240 e. The van der Waals surface area contributed by atoms with E-state index in [0.29, 0.717) is 28.7 Å². The molecule has 2 heterocycles. The van der Waals surface area contributed by atoms with Crippen molar-refractivity contribution in [3.8, 4) is 10.4 Å². The number of carbonyl (C=O) groups excluding carboxylic acids is 2. The van der Waals surface area contributed by atoms with Gasteiger partial charge >= 0.3 is 0 Å². The number of hydrogen-bond acceptors (Lipinski definition) is 5. The fraction of sp³-hybridized carbons (Fsp3) is 0.158. The van der Waals surface area contributed by atoms with E-state index in [9.17, 15) is 9.59 Å². The molecule has 5 nitrogen and oxygen atoms in total. The third-order valence-corrected chi connectivity index (χ3v) is 5.05. The Labute approximate surface area is 159 Å². The number of nitrogens with one attached hydrogen (secondary N) is 1. The van der Waals surface area contributed by atoms with Crippen LogP contribution in [0.5, 0.6) is 0 Å². The second-order valence-corrected chi connectivity index (χ2v) is 7.02. The molecule has 0 atom stereocenters. The predicted molar refractivity (Wildman–Crippen MR) is 100 cm³/mol. The monoisotopic (exact) mass is 389 g/mol. The summed E-state index contributed by atoms with van der Waals surface area (Å²) in [4.78, 5) is 30.2. The van der Waals surface area contributed by atoms with Crippen LogP contribution in [0.15, 0.2) is 53.1 Å². The number of amides is 1. The molecule has 1 aromatic carbocycles. The zero-order chi connectivity index (χ0) is 18.5. The molecule has 1 amide bonds. The molecule has 0 unspecified atom stereocenters. The van der Waals surface area contributed by atoms with Gasteiger partial charge in [0.15, 0.2) is 5.76 Å². The van der Waals surface area contributed by atoms with Gasteiger partial charge < -0.3 is 4.42 Å². The van der Waals surface area contributed by atoms with Crippen molar-refractivity contribution in [1.82, 2.24) is 5.48 Å². The van der Waals surface area contributed by atoms with Gasteiger partial charge in [0.25, 0.3) is 0 Å². The van der Waals surface area contributed by atoms with E-state index < -0.39 is 0 Å². The van der Waals surface area contributed by atoms with Crippen molar-refractivity contribution < 1.29 is 18.8 Å². The van der Waals surface area contributed by atoms with Crippen LogP contribution in [0.4, 0.5) is 0 Å². The summed E-state index contributed by atoms with van der Waals surface area (Å²) >= 11 is 7.36. The summed E-state index contributed by atoms with van der Waals surface area (Å²) in [6, 6.07) is 12.6. The van der Waals surface area contributed by atoms with E-state index in [0.717, 1.165) is 16.0 Å². The first-order chi connectivity index (χ1) is 12.5. The van der Waals surface area contributed by atoms with Crippen LogP contribution in [-0.4, -0.2) is 18.3 Å². The summed E-state index contributed by atoms with van der Waals surface area (Å²) in [7, 11) is 0. The lowest BCUT2D eigenvalue weighted by molar-refractivity contribution is -0.131. The fourth-order valence-corrected chi connectivity index (χ4v) is 3.70. The highest BCUT2D eigenvalue weighted by atomic mass is 35.5. The van der Waals surface area contributed by atoms with E-state index in [4.69, 9.17) is 20.9 Å². The molecule has 0 fully saturated rings. The van der Waals surface area contributed by atoms with Gasteiger partial charge in [-0.3, -0.25) is 14.4 Å². The second-order valence-electron chi connectivity index (χ2n) is 5.54. The first-order valence-electron chi connectivity index (χ1n) is 7.90. The molecule has 0 bridgehead atoms. The zero-order valence-corrected chi connectivity index (χ0v) is 15.5. The average molecular weight is 390 g/mol. The molecule has 0 saturated heterocycles. The Bertz CT molecular complexity index is 900. The maximum Gasteiger partial charge on any atom is 0.240 e. The number of benzene rings is 1. The molecule has 0 aliphatic carbocycles. The van der Waals surface area contributed by atoms with Crippen molar-refractivity contribution >= 4 is 34.6 Å². The molecule has 0 saturated carbocycles. The van der Waals surface area contributed by atoms with E-state index in [1.54, 1.807) is 12.1 Å². The van der Waals surface area contributed by atoms with Crippen LogP contribution in [0.3, 0.4) is 0 Å². The second kappa shape index (κ2) is 8.31. The minimum atomic E-state index is -0.262. The Morgan fingerprint density at radius 2 is 2.00 bits per heavy atom. The summed E-state index contributed by atoms with van der Waals surface area (Å²) in [6.07, 6.45) is 2.02. The summed E-state index contributed by atoms with van der Waals surface area (Å²) in [5.41, 5.74) is 4.22. The first-order valence-corrected chi connectivity index (χ1v) is 9.09. The number of furan rings is 1. The number of hydrogen-bond donors (Lipinski definition) is 1. The van der Waals surface area contributed by atoms with E-state index in [1.807, 2.05) is 30.3 Å². The van der Waals surface area contributed by atoms with Gasteiger partial charge in [-0.2, -0.15) is 0 Å². The van der Waals surface area contributed by atoms with Crippen LogP contribution in [-0.2, 0) is 16.1 Å². The molecule has 1 N–H and O–H groups in total. The molecular formula is C19H16ClNO4S. The minimum Gasteiger partial charge on any atom is -0.461 e. The number of hydroxylamine groups is 1. The molecule has 26 heavy (non-hydrogen) atoms. The first kappa shape index (κ1) is 18.4. The number of halogens is 1. The standard InChI is InChI=1S/C19H16ClNO4S/c1-12(22)21-25-10-8-14-11-17(18(23)16-3-2-9-24-16)26-19(14)13-4-6-15(20)7-5-13/h2-7,9,11H,8,10H2,1H3,(H,21,22). The van der Waals surface area contributed by atoms with E-state index >= 15 is 0 Å². The SMILES string of the molecule is CC(=O)NOCCc1cc(C(=O)c2ccco2)sc1-c1ccc(Cl)cc1. The van der Waals surface area contributed by atoms with Gasteiger partial charge in [-0.05, 0) is 47.9 Å². The van der Waals surface area contributed by atoms with Crippen LogP contribution >= 0.6 is 22.9 Å². The summed E-state index contributed by atoms with van der Waals surface area (Å²) in [5.74, 6) is -0.124. The van der Waals surface area contributed by atoms with Crippen molar-refractivity contribution in [1.29, 1.82) is 0 Å². The number of thiophene rings is 1. The minimum absolute atomic E-state index is 0.163. The quantitative estimate of drug-likeness (QED) is 0.367. The molecule has 134 valence electrons. The predicted octanol–water partition coefficient (Wildman–Crippen LogP) is 4.50. The van der Waals surface area contributed by atoms with Crippen LogP contribution in [0.1, 0.15) is 27.9 Å². The lowest BCUT2D eigenvalue weighted by Crippen LogP contribution is -2.21. The third kappa shape index (κ3) is 4.40. The molecule has 0 aliphatic rings. The van der Waals surface area contributed by atoms with Crippen molar-refractivity contribution in [2.45, 2.75) is 13.3 Å². The normalized spacial score (nSPS) is 10.7. The Morgan fingerprint density at radius 1 is 1.23 bits per heavy atom. The molecular weight excluding hydrogens is 374 g/mol. The van der Waals surface area contributed by atoms with Crippen LogP contribution in [0.2, 0.25) is 5.02 Å². The summed E-state index contributed by atoms with van der Waals surface area (Å²) in [5, 5.41) is 0.646. The molecule has 3 rings (SSSR count). The summed E-state index contributed by atoms with van der Waals surface area (Å²) in [6.45, 7) is 1.68. The average Bonchev–Trinajstić information content (AvgIpc) is 3.29. The number of ketones is 1. The van der Waals surface area contributed by atoms with Gasteiger partial charge in [0.1, 0.15) is 0 Å². The van der Waals surface area contributed by atoms with Crippen LogP contribution < -0.4 is 5.48 Å². The van der Waals surface area contributed by atoms with Gasteiger partial charge in [0.2, 0.25) is 11.7 Å². The van der Waals surface area contributed by atoms with Crippen molar-refractivity contribution in [3.63, 3.8) is 0 Å². The fourth-order valence-electron chi connectivity index (χ4n) is 2.41. The van der Waals surface area contributed by atoms with Crippen molar-refractivity contribution in [2.24, 2.45) is 0 Å². The highest BCUT2D eigenvalue weighted by Crippen LogP contribution is 2.35. The molecule has 0 radical (unpaired) electrons. The van der Waals surface area contributed by atoms with Crippen molar-refractivity contribution in [3.05, 3.63) is 70.0 Å². The number of carbonyl (C=O) groups is 2. The maximum atomic E-state index is 12.6. The van der Waals surface area contributed by atoms with Crippen LogP contribution in [0.25, 0.3) is 10.4 Å². The Hall–Kier alpha value is -2.41. The van der Waals surface area contributed by atoms with E-state index in [-0.39, 0.29) is 11.7 Å². The van der Waals surface area contributed by atoms with Crippen molar-refractivity contribution in [2.75, 3.05) is 6.61 Å². The van der Waals surface area contributed by atoms with Gasteiger partial charge in [-0.15, -0.1) is 11.3 Å². The topological polar surface area (TPSA) is 68.5 Å². The Balaban J connectivity index is 1.88. The van der Waals surface area contributed by atoms with E-state index in [1.165, 1.54) is 24.5 Å². The Kier molecular flexibility index (Phi) is 5.88. The largest absolute Gasteiger partial charge is 0.461 e. The molecule has 0 aliphatic heterocycles. The lowest BCUT2D eigenvalue weighted by Gasteiger charge is -2.05. The third-order valence-electron chi connectivity index (χ3n) is 3.57. The van der Waals surface area contributed by atoms with Gasteiger partial charge in [0, 0.05) is 16.8 Å². The van der Waals surface area contributed by atoms with Gasteiger partial charge in [0.05, 0.1) is 17.7 Å². The molecule has 0 spiro atoms. The molecule has 2 aromatic heterocycles.